The van der Waals surface area contributed by atoms with Gasteiger partial charge >= 0.3 is 6.18 Å². The number of nitrogens with zero attached hydrogens (tertiary/aromatic N) is 2. The molecule has 4 N–H and O–H groups in total. The van der Waals surface area contributed by atoms with Crippen LogP contribution >= 0.6 is 11.6 Å². The topological polar surface area (TPSA) is 87.7 Å². The van der Waals surface area contributed by atoms with Crippen molar-refractivity contribution in [2.24, 2.45) is 5.73 Å². The number of anilines is 1. The van der Waals surface area contributed by atoms with Gasteiger partial charge in [0.15, 0.2) is 0 Å². The summed E-state index contributed by atoms with van der Waals surface area (Å²) in [5.41, 5.74) is 4.84. The Balaban J connectivity index is 2.64. The number of nitrogens with one attached hydrogen (secondary N) is 2. The Bertz CT molecular complexity index is 727. The third-order valence-corrected chi connectivity index (χ3v) is 2.76. The molecule has 0 aliphatic rings. The molecule has 0 radical (unpaired) electrons. The van der Waals surface area contributed by atoms with Crippen LogP contribution in [-0.4, -0.2) is 16.2 Å². The summed E-state index contributed by atoms with van der Waals surface area (Å²) in [6.07, 6.45) is -2.50. The van der Waals surface area contributed by atoms with Crippen molar-refractivity contribution in [2.75, 3.05) is 5.32 Å². The Morgan fingerprint density at radius 3 is 2.62 bits per heavy atom. The van der Waals surface area contributed by atoms with Gasteiger partial charge < -0.3 is 16.5 Å². The molecule has 0 saturated carbocycles. The Kier molecular flexibility index (Phi) is 3.99. The fraction of sp³-hybridized carbons (Fsp3) is 0.0833. The van der Waals surface area contributed by atoms with Crippen LogP contribution in [0.5, 0.6) is 0 Å². The van der Waals surface area contributed by atoms with Gasteiger partial charge in [0.1, 0.15) is 5.82 Å². The fourth-order valence-corrected chi connectivity index (χ4v) is 1.81. The first kappa shape index (κ1) is 15.0. The molecule has 1 aromatic heterocycles. The molecule has 21 heavy (non-hydrogen) atoms. The van der Waals surface area contributed by atoms with Crippen LogP contribution in [-0.2, 0) is 6.18 Å². The number of alkyl halides is 3. The highest BCUT2D eigenvalue weighted by atomic mass is 35.5. The van der Waals surface area contributed by atoms with Crippen LogP contribution in [0.1, 0.15) is 5.56 Å². The van der Waals surface area contributed by atoms with E-state index in [4.69, 9.17) is 22.7 Å². The first-order chi connectivity index (χ1) is 9.85. The lowest BCUT2D eigenvalue weighted by atomic mass is 10.1. The number of rotatable bonds is 3. The van der Waals surface area contributed by atoms with E-state index < -0.39 is 11.7 Å². The monoisotopic (exact) mass is 315 g/mol. The third-order valence-electron chi connectivity index (χ3n) is 2.59. The summed E-state index contributed by atoms with van der Waals surface area (Å²) < 4.78 is 38.3. The second-order valence-corrected chi connectivity index (χ2v) is 4.30. The molecule has 0 spiro atoms. The van der Waals surface area contributed by atoms with Crippen molar-refractivity contribution >= 4 is 34.5 Å². The van der Waals surface area contributed by atoms with Gasteiger partial charge in [0, 0.05) is 17.8 Å². The predicted octanol–water partition coefficient (Wildman–Crippen LogP) is 3.16. The van der Waals surface area contributed by atoms with Gasteiger partial charge in [-0.1, -0.05) is 0 Å². The minimum absolute atomic E-state index is 0.0382. The molecule has 1 heterocycles. The van der Waals surface area contributed by atoms with E-state index in [-0.39, 0.29) is 27.7 Å². The van der Waals surface area contributed by atoms with E-state index in [1.165, 1.54) is 6.07 Å². The maximum Gasteiger partial charge on any atom is 0.416 e. The van der Waals surface area contributed by atoms with E-state index in [0.717, 1.165) is 24.5 Å². The third kappa shape index (κ3) is 3.22. The number of nitrogens with two attached hydrogens (primary N) is 1. The van der Waals surface area contributed by atoms with E-state index in [1.807, 2.05) is 0 Å². The van der Waals surface area contributed by atoms with Crippen LogP contribution in [0, 0.1) is 5.41 Å². The lowest BCUT2D eigenvalue weighted by molar-refractivity contribution is -0.137. The SMILES string of the molecule is N=C/C(=C\N)Nc1nc(Cl)nc2ccc(C(F)(F)F)cc12. The van der Waals surface area contributed by atoms with Gasteiger partial charge in [0.05, 0.1) is 16.8 Å². The summed E-state index contributed by atoms with van der Waals surface area (Å²) >= 11 is 5.73. The van der Waals surface area contributed by atoms with Gasteiger partial charge in [0.2, 0.25) is 5.28 Å². The molecule has 2 aromatic rings. The van der Waals surface area contributed by atoms with Gasteiger partial charge in [-0.15, -0.1) is 0 Å². The Morgan fingerprint density at radius 1 is 1.33 bits per heavy atom. The van der Waals surface area contributed by atoms with Crippen LogP contribution < -0.4 is 11.1 Å². The quantitative estimate of drug-likeness (QED) is 0.599. The second-order valence-electron chi connectivity index (χ2n) is 3.96. The first-order valence-corrected chi connectivity index (χ1v) is 5.97. The predicted molar refractivity (Wildman–Crippen MR) is 74.2 cm³/mol. The number of hydrogen-bond acceptors (Lipinski definition) is 5. The van der Waals surface area contributed by atoms with Crippen molar-refractivity contribution < 1.29 is 13.2 Å². The normalized spacial score (nSPS) is 12.5. The number of halogens is 4. The van der Waals surface area contributed by atoms with Gasteiger partial charge in [-0.3, -0.25) is 0 Å². The van der Waals surface area contributed by atoms with E-state index in [1.54, 1.807) is 0 Å². The van der Waals surface area contributed by atoms with Crippen LogP contribution in [0.4, 0.5) is 19.0 Å². The van der Waals surface area contributed by atoms with Gasteiger partial charge in [-0.2, -0.15) is 18.2 Å². The van der Waals surface area contributed by atoms with Gasteiger partial charge in [0.25, 0.3) is 0 Å². The average molecular weight is 316 g/mol. The fourth-order valence-electron chi connectivity index (χ4n) is 1.63. The van der Waals surface area contributed by atoms with E-state index >= 15 is 0 Å². The maximum absolute atomic E-state index is 12.8. The minimum Gasteiger partial charge on any atom is -0.403 e. The molecule has 0 amide bonds. The zero-order chi connectivity index (χ0) is 15.6. The molecular weight excluding hydrogens is 307 g/mol. The summed E-state index contributed by atoms with van der Waals surface area (Å²) in [5.74, 6) is 0.0382. The van der Waals surface area contributed by atoms with E-state index in [2.05, 4.69) is 15.3 Å². The number of benzene rings is 1. The van der Waals surface area contributed by atoms with Crippen LogP contribution in [0.25, 0.3) is 10.9 Å². The summed E-state index contributed by atoms with van der Waals surface area (Å²) in [6.45, 7) is 0. The van der Waals surface area contributed by atoms with Crippen molar-refractivity contribution in [1.82, 2.24) is 9.97 Å². The lowest BCUT2D eigenvalue weighted by Gasteiger charge is -2.11. The zero-order valence-electron chi connectivity index (χ0n) is 10.4. The highest BCUT2D eigenvalue weighted by Gasteiger charge is 2.30. The highest BCUT2D eigenvalue weighted by Crippen LogP contribution is 2.33. The number of aromatic nitrogens is 2. The standard InChI is InChI=1S/C12H9ClF3N5/c13-11-20-9-2-1-6(12(14,15)16)3-8(9)10(21-11)19-7(4-17)5-18/h1-5,17H,18H2,(H,19,20,21)/b7-5+,17-4?. The largest absolute Gasteiger partial charge is 0.416 e. The lowest BCUT2D eigenvalue weighted by Crippen LogP contribution is -2.08. The summed E-state index contributed by atoms with van der Waals surface area (Å²) in [6, 6.07) is 3.02. The van der Waals surface area contributed by atoms with Crippen molar-refractivity contribution in [1.29, 1.82) is 5.41 Å². The summed E-state index contributed by atoms with van der Waals surface area (Å²) in [5, 5.41) is 9.74. The zero-order valence-corrected chi connectivity index (χ0v) is 11.1. The van der Waals surface area contributed by atoms with Crippen LogP contribution in [0.3, 0.4) is 0 Å². The molecule has 0 bridgehead atoms. The first-order valence-electron chi connectivity index (χ1n) is 5.59. The highest BCUT2D eigenvalue weighted by molar-refractivity contribution is 6.28. The molecule has 0 aliphatic heterocycles. The van der Waals surface area contributed by atoms with Crippen molar-refractivity contribution in [3.05, 3.63) is 40.9 Å². The summed E-state index contributed by atoms with van der Waals surface area (Å²) in [4.78, 5) is 7.69. The Hall–Kier alpha value is -2.35. The van der Waals surface area contributed by atoms with Gasteiger partial charge in [-0.05, 0) is 29.8 Å². The number of fused-ring (bicyclic) bond motifs is 1. The molecule has 0 saturated heterocycles. The second kappa shape index (κ2) is 5.57. The Morgan fingerprint density at radius 2 is 2.05 bits per heavy atom. The molecule has 0 atom stereocenters. The Labute approximate surface area is 122 Å². The van der Waals surface area contributed by atoms with Crippen molar-refractivity contribution in [2.45, 2.75) is 6.18 Å². The number of hydrogen-bond donors (Lipinski definition) is 3. The van der Waals surface area contributed by atoms with E-state index in [0.29, 0.717) is 0 Å². The average Bonchev–Trinajstić information content (AvgIpc) is 2.42. The number of allylic oxidation sites excluding steroid dienone is 1. The molecule has 9 heteroatoms. The molecule has 0 aliphatic carbocycles. The summed E-state index contributed by atoms with van der Waals surface area (Å²) in [7, 11) is 0. The molecular formula is C12H9ClF3N5. The molecule has 1 aromatic carbocycles. The minimum atomic E-state index is -4.49. The molecule has 0 fully saturated rings. The van der Waals surface area contributed by atoms with Crippen molar-refractivity contribution in [3.63, 3.8) is 0 Å². The molecule has 110 valence electrons. The van der Waals surface area contributed by atoms with Crippen LogP contribution in [0.2, 0.25) is 5.28 Å². The van der Waals surface area contributed by atoms with Crippen molar-refractivity contribution in [3.8, 4) is 0 Å². The van der Waals surface area contributed by atoms with Gasteiger partial charge in [-0.25, -0.2) is 4.98 Å². The molecule has 2 rings (SSSR count). The van der Waals surface area contributed by atoms with E-state index in [9.17, 15) is 13.2 Å². The maximum atomic E-state index is 12.8. The van der Waals surface area contributed by atoms with Crippen LogP contribution in [0.15, 0.2) is 30.1 Å². The molecule has 0 unspecified atom stereocenters. The molecule has 5 nitrogen and oxygen atoms in total. The smallest absolute Gasteiger partial charge is 0.403 e.